The number of ether oxygens (including phenoxy) is 2. The van der Waals surface area contributed by atoms with E-state index in [0.29, 0.717) is 36.2 Å². The van der Waals surface area contributed by atoms with Gasteiger partial charge < -0.3 is 14.8 Å². The highest BCUT2D eigenvalue weighted by atomic mass is 19.1. The summed E-state index contributed by atoms with van der Waals surface area (Å²) in [7, 11) is 0. The van der Waals surface area contributed by atoms with Gasteiger partial charge in [-0.2, -0.15) is 0 Å². The second-order valence-corrected chi connectivity index (χ2v) is 6.52. The molecule has 1 aromatic rings. The van der Waals surface area contributed by atoms with Crippen molar-refractivity contribution in [2.24, 2.45) is 11.8 Å². The van der Waals surface area contributed by atoms with E-state index in [9.17, 15) is 9.18 Å². The molecule has 4 nitrogen and oxygen atoms in total. The summed E-state index contributed by atoms with van der Waals surface area (Å²) < 4.78 is 24.7. The van der Waals surface area contributed by atoms with E-state index >= 15 is 0 Å². The molecular formula is C18H24FNO3. The van der Waals surface area contributed by atoms with Gasteiger partial charge in [-0.3, -0.25) is 4.79 Å². The number of rotatable bonds is 3. The molecule has 2 aliphatic rings. The summed E-state index contributed by atoms with van der Waals surface area (Å²) in [6.07, 6.45) is 2.83. The van der Waals surface area contributed by atoms with Gasteiger partial charge in [0.25, 0.3) is 5.91 Å². The molecule has 0 spiro atoms. The first-order valence-corrected chi connectivity index (χ1v) is 8.37. The number of carbonyl (C=O) groups excluding carboxylic acids is 1. The van der Waals surface area contributed by atoms with Crippen LogP contribution in [0.4, 0.5) is 4.39 Å². The first kappa shape index (κ1) is 16.4. The van der Waals surface area contributed by atoms with E-state index in [0.717, 1.165) is 32.5 Å². The Kier molecular flexibility index (Phi) is 5.28. The number of amides is 1. The van der Waals surface area contributed by atoms with Gasteiger partial charge in [-0.05, 0) is 49.8 Å². The fourth-order valence-corrected chi connectivity index (χ4v) is 3.53. The van der Waals surface area contributed by atoms with Crippen molar-refractivity contribution >= 4 is 5.91 Å². The molecule has 0 bridgehead atoms. The summed E-state index contributed by atoms with van der Waals surface area (Å²) in [4.78, 5) is 12.5. The molecule has 0 aromatic heterocycles. The van der Waals surface area contributed by atoms with Crippen molar-refractivity contribution in [3.05, 3.63) is 35.1 Å². The van der Waals surface area contributed by atoms with Gasteiger partial charge in [0, 0.05) is 37.3 Å². The summed E-state index contributed by atoms with van der Waals surface area (Å²) in [5.41, 5.74) is 0.929. The van der Waals surface area contributed by atoms with Gasteiger partial charge in [-0.15, -0.1) is 0 Å². The minimum absolute atomic E-state index is 0.0868. The highest BCUT2D eigenvalue weighted by Crippen LogP contribution is 2.30. The molecule has 126 valence electrons. The smallest absolute Gasteiger partial charge is 0.251 e. The monoisotopic (exact) mass is 321 g/mol. The van der Waals surface area contributed by atoms with Gasteiger partial charge in [0.2, 0.25) is 0 Å². The lowest BCUT2D eigenvalue weighted by Gasteiger charge is -2.39. The number of carbonyl (C=O) groups is 1. The maximum absolute atomic E-state index is 13.7. The van der Waals surface area contributed by atoms with Crippen LogP contribution >= 0.6 is 0 Å². The number of hydrogen-bond acceptors (Lipinski definition) is 3. The minimum atomic E-state index is -0.342. The van der Waals surface area contributed by atoms with Crippen LogP contribution in [0, 0.1) is 24.6 Å². The highest BCUT2D eigenvalue weighted by Gasteiger charge is 2.34. The minimum Gasteiger partial charge on any atom is -0.381 e. The van der Waals surface area contributed by atoms with Crippen LogP contribution in [0.1, 0.15) is 35.2 Å². The number of hydrogen-bond donors (Lipinski definition) is 1. The third-order valence-electron chi connectivity index (χ3n) is 5.02. The molecule has 1 N–H and O–H groups in total. The van der Waals surface area contributed by atoms with E-state index in [1.807, 2.05) is 0 Å². The predicted octanol–water partition coefficient (Wildman–Crippen LogP) is 2.70. The van der Waals surface area contributed by atoms with Crippen LogP contribution in [0.3, 0.4) is 0 Å². The standard InChI is InChI=1S/C18H24FNO3/c1-12-2-3-14(10-16(12)19)18(21)20-17-6-9-23-11-15(17)13-4-7-22-8-5-13/h2-3,10,13,15,17H,4-9,11H2,1H3,(H,20,21)/t15-,17-/m0/s1. The van der Waals surface area contributed by atoms with Crippen molar-refractivity contribution in [3.63, 3.8) is 0 Å². The average molecular weight is 321 g/mol. The van der Waals surface area contributed by atoms with Gasteiger partial charge in [-0.25, -0.2) is 4.39 Å². The Balaban J connectivity index is 1.68. The molecular weight excluding hydrogens is 297 g/mol. The molecule has 2 aliphatic heterocycles. The van der Waals surface area contributed by atoms with E-state index in [4.69, 9.17) is 9.47 Å². The largest absolute Gasteiger partial charge is 0.381 e. The Morgan fingerprint density at radius 3 is 2.65 bits per heavy atom. The van der Waals surface area contributed by atoms with Crippen LogP contribution in [0.5, 0.6) is 0 Å². The molecule has 1 aromatic carbocycles. The zero-order valence-electron chi connectivity index (χ0n) is 13.5. The van der Waals surface area contributed by atoms with Gasteiger partial charge in [0.15, 0.2) is 0 Å². The maximum atomic E-state index is 13.7. The van der Waals surface area contributed by atoms with Crippen molar-refractivity contribution < 1.29 is 18.7 Å². The molecule has 0 aliphatic carbocycles. The molecule has 2 heterocycles. The number of halogens is 1. The second-order valence-electron chi connectivity index (χ2n) is 6.52. The van der Waals surface area contributed by atoms with Crippen LogP contribution in [-0.4, -0.2) is 38.4 Å². The summed E-state index contributed by atoms with van der Waals surface area (Å²) in [5, 5.41) is 3.10. The Hall–Kier alpha value is -1.46. The Morgan fingerprint density at radius 1 is 1.17 bits per heavy atom. The zero-order chi connectivity index (χ0) is 16.2. The van der Waals surface area contributed by atoms with E-state index < -0.39 is 0 Å². The first-order valence-electron chi connectivity index (χ1n) is 8.37. The molecule has 5 heteroatoms. The summed E-state index contributed by atoms with van der Waals surface area (Å²) >= 11 is 0. The van der Waals surface area contributed by atoms with Crippen molar-refractivity contribution in [2.45, 2.75) is 32.2 Å². The van der Waals surface area contributed by atoms with E-state index in [2.05, 4.69) is 5.32 Å². The molecule has 0 saturated carbocycles. The van der Waals surface area contributed by atoms with Crippen molar-refractivity contribution in [2.75, 3.05) is 26.4 Å². The zero-order valence-corrected chi connectivity index (χ0v) is 13.5. The summed E-state index contributed by atoms with van der Waals surface area (Å²) in [6.45, 7) is 4.59. The third kappa shape index (κ3) is 3.90. The molecule has 0 unspecified atom stereocenters. The maximum Gasteiger partial charge on any atom is 0.251 e. The molecule has 2 saturated heterocycles. The molecule has 0 radical (unpaired) electrons. The van der Waals surface area contributed by atoms with Gasteiger partial charge >= 0.3 is 0 Å². The number of aryl methyl sites for hydroxylation is 1. The van der Waals surface area contributed by atoms with E-state index in [-0.39, 0.29) is 17.8 Å². The quantitative estimate of drug-likeness (QED) is 0.931. The lowest BCUT2D eigenvalue weighted by Crippen LogP contribution is -2.49. The van der Waals surface area contributed by atoms with Crippen molar-refractivity contribution in [1.29, 1.82) is 0 Å². The predicted molar refractivity (Wildman–Crippen MR) is 84.9 cm³/mol. The summed E-state index contributed by atoms with van der Waals surface area (Å²) in [5.74, 6) is 0.287. The third-order valence-corrected chi connectivity index (χ3v) is 5.02. The average Bonchev–Trinajstić information content (AvgIpc) is 2.58. The lowest BCUT2D eigenvalue weighted by atomic mass is 9.79. The number of nitrogens with one attached hydrogen (secondary N) is 1. The molecule has 23 heavy (non-hydrogen) atoms. The molecule has 3 rings (SSSR count). The Labute approximate surface area is 136 Å². The normalized spacial score (nSPS) is 26.0. The molecule has 1 amide bonds. The van der Waals surface area contributed by atoms with Crippen LogP contribution < -0.4 is 5.32 Å². The first-order chi connectivity index (χ1) is 11.1. The summed E-state index contributed by atoms with van der Waals surface area (Å²) in [6, 6.07) is 4.72. The van der Waals surface area contributed by atoms with Crippen LogP contribution in [0.2, 0.25) is 0 Å². The van der Waals surface area contributed by atoms with Crippen LogP contribution in [-0.2, 0) is 9.47 Å². The molecule has 2 atom stereocenters. The van der Waals surface area contributed by atoms with Gasteiger partial charge in [-0.1, -0.05) is 6.07 Å². The van der Waals surface area contributed by atoms with Crippen molar-refractivity contribution in [3.8, 4) is 0 Å². The molecule has 2 fully saturated rings. The van der Waals surface area contributed by atoms with Crippen LogP contribution in [0.15, 0.2) is 18.2 Å². The number of benzene rings is 1. The SMILES string of the molecule is Cc1ccc(C(=O)N[C@H]2CCOC[C@H]2C2CCOCC2)cc1F. The van der Waals surface area contributed by atoms with Gasteiger partial charge in [0.05, 0.1) is 6.61 Å². The fraction of sp³-hybridized carbons (Fsp3) is 0.611. The Morgan fingerprint density at radius 2 is 1.91 bits per heavy atom. The second kappa shape index (κ2) is 7.41. The lowest BCUT2D eigenvalue weighted by molar-refractivity contribution is -0.0259. The van der Waals surface area contributed by atoms with Crippen LogP contribution in [0.25, 0.3) is 0 Å². The highest BCUT2D eigenvalue weighted by molar-refractivity contribution is 5.94. The van der Waals surface area contributed by atoms with E-state index in [1.54, 1.807) is 19.1 Å². The van der Waals surface area contributed by atoms with Gasteiger partial charge in [0.1, 0.15) is 5.82 Å². The Bertz CT molecular complexity index is 557. The topological polar surface area (TPSA) is 47.6 Å². The van der Waals surface area contributed by atoms with Crippen molar-refractivity contribution in [1.82, 2.24) is 5.32 Å². The fourth-order valence-electron chi connectivity index (χ4n) is 3.53. The van der Waals surface area contributed by atoms with E-state index in [1.165, 1.54) is 6.07 Å².